The van der Waals surface area contributed by atoms with Gasteiger partial charge in [-0.25, -0.2) is 14.3 Å². The maximum atomic E-state index is 13.2. The van der Waals surface area contributed by atoms with Gasteiger partial charge in [-0.2, -0.15) is 0 Å². The van der Waals surface area contributed by atoms with Crippen LogP contribution in [0.5, 0.6) is 0 Å². The Balaban J connectivity index is 2.18. The van der Waals surface area contributed by atoms with Crippen LogP contribution in [0.3, 0.4) is 0 Å². The first-order valence-electron chi connectivity index (χ1n) is 10.0. The zero-order valence-corrected chi connectivity index (χ0v) is 17.6. The smallest absolute Gasteiger partial charge is 0.333 e. The molecule has 0 atom stereocenters. The van der Waals surface area contributed by atoms with Gasteiger partial charge in [0.2, 0.25) is 5.91 Å². The molecular weight excluding hydrogens is 386 g/mol. The zero-order chi connectivity index (χ0) is 21.7. The zero-order valence-electron chi connectivity index (χ0n) is 17.6. The summed E-state index contributed by atoms with van der Waals surface area (Å²) in [5.74, 6) is -0.271. The highest BCUT2D eigenvalue weighted by molar-refractivity contribution is 5.76. The number of imidazole rings is 1. The van der Waals surface area contributed by atoms with Crippen molar-refractivity contribution in [2.24, 2.45) is 0 Å². The quantitative estimate of drug-likeness (QED) is 0.520. The molecule has 0 aliphatic carbocycles. The van der Waals surface area contributed by atoms with Gasteiger partial charge in [-0.1, -0.05) is 30.3 Å². The molecule has 0 N–H and O–H groups in total. The van der Waals surface area contributed by atoms with Crippen LogP contribution in [0.15, 0.2) is 46.2 Å². The van der Waals surface area contributed by atoms with E-state index < -0.39 is 11.2 Å². The monoisotopic (exact) mass is 413 g/mol. The minimum absolute atomic E-state index is 0.247. The van der Waals surface area contributed by atoms with Gasteiger partial charge in [-0.05, 0) is 19.4 Å². The minimum Gasteiger partial charge on any atom is -0.383 e. The molecule has 0 saturated heterocycles. The molecule has 0 aliphatic heterocycles. The number of nitrogens with zero attached hydrogens (tertiary/aromatic N) is 5. The van der Waals surface area contributed by atoms with E-state index in [2.05, 4.69) is 4.98 Å². The van der Waals surface area contributed by atoms with Crippen molar-refractivity contribution in [2.75, 3.05) is 26.8 Å². The Kier molecular flexibility index (Phi) is 6.83. The molecule has 160 valence electrons. The van der Waals surface area contributed by atoms with Crippen LogP contribution in [0.1, 0.15) is 19.4 Å². The topological polar surface area (TPSA) is 91.4 Å². The lowest BCUT2D eigenvalue weighted by molar-refractivity contribution is -0.131. The molecule has 1 amide bonds. The fourth-order valence-electron chi connectivity index (χ4n) is 3.46. The molecule has 0 saturated carbocycles. The number of methoxy groups -OCH3 is 1. The summed E-state index contributed by atoms with van der Waals surface area (Å²) < 4.78 is 9.25. The molecule has 0 radical (unpaired) electrons. The predicted molar refractivity (Wildman–Crippen MR) is 114 cm³/mol. The first kappa shape index (κ1) is 21.5. The van der Waals surface area contributed by atoms with Crippen molar-refractivity contribution in [2.45, 2.75) is 33.5 Å². The number of rotatable bonds is 9. The van der Waals surface area contributed by atoms with Gasteiger partial charge in [0.05, 0.1) is 19.5 Å². The standard InChI is InChI=1S/C21H27N5O4/c1-4-23(5-2)17(27)14-26-20(28)18-19(22-15-24(18)11-12-30-3)25(21(26)29)13-16-9-7-6-8-10-16/h6-10,15H,4-5,11-14H2,1-3H3. The molecule has 2 heterocycles. The molecule has 0 fully saturated rings. The number of hydrogen-bond donors (Lipinski definition) is 0. The number of likely N-dealkylation sites (N-methyl/N-ethyl adjacent to an activating group) is 1. The fourth-order valence-corrected chi connectivity index (χ4v) is 3.46. The second-order valence-electron chi connectivity index (χ2n) is 6.91. The highest BCUT2D eigenvalue weighted by Gasteiger charge is 2.21. The number of aromatic nitrogens is 4. The Bertz CT molecular complexity index is 1130. The Labute approximate surface area is 174 Å². The number of hydrogen-bond acceptors (Lipinski definition) is 5. The second-order valence-corrected chi connectivity index (χ2v) is 6.91. The fraction of sp³-hybridized carbons (Fsp3) is 0.429. The average molecular weight is 413 g/mol. The summed E-state index contributed by atoms with van der Waals surface area (Å²) in [5.41, 5.74) is 0.418. The summed E-state index contributed by atoms with van der Waals surface area (Å²) in [7, 11) is 1.57. The first-order valence-corrected chi connectivity index (χ1v) is 10.0. The van der Waals surface area contributed by atoms with Crippen LogP contribution in [0, 0.1) is 0 Å². The van der Waals surface area contributed by atoms with Crippen molar-refractivity contribution in [3.05, 3.63) is 63.1 Å². The van der Waals surface area contributed by atoms with E-state index in [1.807, 2.05) is 44.2 Å². The van der Waals surface area contributed by atoms with E-state index in [9.17, 15) is 14.4 Å². The van der Waals surface area contributed by atoms with Crippen LogP contribution in [-0.2, 0) is 29.2 Å². The molecule has 9 heteroatoms. The van der Waals surface area contributed by atoms with Crippen molar-refractivity contribution in [1.29, 1.82) is 0 Å². The highest BCUT2D eigenvalue weighted by atomic mass is 16.5. The molecule has 2 aromatic heterocycles. The van der Waals surface area contributed by atoms with E-state index in [1.165, 1.54) is 10.9 Å². The van der Waals surface area contributed by atoms with Crippen LogP contribution in [0.2, 0.25) is 0 Å². The van der Waals surface area contributed by atoms with Gasteiger partial charge in [0.15, 0.2) is 11.2 Å². The van der Waals surface area contributed by atoms with Crippen molar-refractivity contribution in [3.63, 3.8) is 0 Å². The number of carbonyl (C=O) groups excluding carboxylic acids is 1. The summed E-state index contributed by atoms with van der Waals surface area (Å²) >= 11 is 0. The molecule has 1 aromatic carbocycles. The maximum Gasteiger partial charge on any atom is 0.333 e. The molecule has 0 unspecified atom stereocenters. The largest absolute Gasteiger partial charge is 0.383 e. The van der Waals surface area contributed by atoms with Gasteiger partial charge >= 0.3 is 5.69 Å². The molecule has 3 rings (SSSR count). The van der Waals surface area contributed by atoms with Crippen LogP contribution in [0.25, 0.3) is 11.2 Å². The lowest BCUT2D eigenvalue weighted by atomic mass is 10.2. The second kappa shape index (κ2) is 9.53. The van der Waals surface area contributed by atoms with E-state index in [0.717, 1.165) is 10.1 Å². The Morgan fingerprint density at radius 3 is 2.43 bits per heavy atom. The van der Waals surface area contributed by atoms with Crippen molar-refractivity contribution in [3.8, 4) is 0 Å². The minimum atomic E-state index is -0.547. The van der Waals surface area contributed by atoms with Crippen LogP contribution in [0.4, 0.5) is 0 Å². The van der Waals surface area contributed by atoms with Crippen LogP contribution in [-0.4, -0.2) is 56.3 Å². The molecule has 30 heavy (non-hydrogen) atoms. The van der Waals surface area contributed by atoms with E-state index >= 15 is 0 Å². The van der Waals surface area contributed by atoms with Gasteiger partial charge in [0.1, 0.15) is 6.54 Å². The summed E-state index contributed by atoms with van der Waals surface area (Å²) in [6.45, 7) is 5.49. The van der Waals surface area contributed by atoms with Crippen molar-refractivity contribution in [1.82, 2.24) is 23.6 Å². The number of amides is 1. The molecule has 9 nitrogen and oxygen atoms in total. The van der Waals surface area contributed by atoms with Crippen LogP contribution >= 0.6 is 0 Å². The summed E-state index contributed by atoms with van der Waals surface area (Å²) in [6.07, 6.45) is 1.53. The lowest BCUT2D eigenvalue weighted by Crippen LogP contribution is -2.45. The molecule has 0 aliphatic rings. The summed E-state index contributed by atoms with van der Waals surface area (Å²) in [5, 5.41) is 0. The Morgan fingerprint density at radius 1 is 1.10 bits per heavy atom. The van der Waals surface area contributed by atoms with E-state index in [-0.39, 0.29) is 24.5 Å². The Morgan fingerprint density at radius 2 is 1.80 bits per heavy atom. The Hall–Kier alpha value is -3.20. The van der Waals surface area contributed by atoms with E-state index in [4.69, 9.17) is 4.74 Å². The molecule has 0 bridgehead atoms. The summed E-state index contributed by atoms with van der Waals surface area (Å²) in [6, 6.07) is 9.46. The van der Waals surface area contributed by atoms with Gasteiger partial charge < -0.3 is 14.2 Å². The van der Waals surface area contributed by atoms with Gasteiger partial charge in [0, 0.05) is 26.7 Å². The van der Waals surface area contributed by atoms with E-state index in [0.29, 0.717) is 31.9 Å². The third kappa shape index (κ3) is 4.20. The third-order valence-electron chi connectivity index (χ3n) is 5.11. The number of benzene rings is 1. The lowest BCUT2D eigenvalue weighted by Gasteiger charge is -2.19. The summed E-state index contributed by atoms with van der Waals surface area (Å²) in [4.78, 5) is 45.0. The maximum absolute atomic E-state index is 13.2. The first-order chi connectivity index (χ1) is 14.5. The average Bonchev–Trinajstić information content (AvgIpc) is 3.18. The van der Waals surface area contributed by atoms with Gasteiger partial charge in [-0.15, -0.1) is 0 Å². The van der Waals surface area contributed by atoms with Crippen molar-refractivity contribution >= 4 is 17.1 Å². The highest BCUT2D eigenvalue weighted by Crippen LogP contribution is 2.10. The number of fused-ring (bicyclic) bond motifs is 1. The van der Waals surface area contributed by atoms with Crippen LogP contribution < -0.4 is 11.2 Å². The molecule has 0 spiro atoms. The van der Waals surface area contributed by atoms with E-state index in [1.54, 1.807) is 16.6 Å². The van der Waals surface area contributed by atoms with Gasteiger partial charge in [-0.3, -0.25) is 14.2 Å². The third-order valence-corrected chi connectivity index (χ3v) is 5.11. The number of carbonyl (C=O) groups is 1. The normalized spacial score (nSPS) is 11.2. The van der Waals surface area contributed by atoms with Gasteiger partial charge in [0.25, 0.3) is 5.56 Å². The molecule has 3 aromatic rings. The van der Waals surface area contributed by atoms with Crippen molar-refractivity contribution < 1.29 is 9.53 Å². The SMILES string of the molecule is CCN(CC)C(=O)Cn1c(=O)c2c(ncn2CCOC)n(Cc2ccccc2)c1=O. The predicted octanol–water partition coefficient (Wildman–Crippen LogP) is 0.923. The number of ether oxygens (including phenoxy) is 1. The molecular formula is C21H27N5O4.